The van der Waals surface area contributed by atoms with E-state index in [2.05, 4.69) is 21.9 Å². The Bertz CT molecular complexity index is 1330. The van der Waals surface area contributed by atoms with E-state index in [9.17, 15) is 9.90 Å². The summed E-state index contributed by atoms with van der Waals surface area (Å²) in [7, 11) is 0. The number of rotatable bonds is 6. The first kappa shape index (κ1) is 23.3. The van der Waals surface area contributed by atoms with E-state index in [4.69, 9.17) is 16.0 Å². The average Bonchev–Trinajstić information content (AvgIpc) is 3.39. The lowest BCUT2D eigenvalue weighted by Crippen LogP contribution is -2.49. The molecule has 2 aromatic carbocycles. The standard InChI is InChI=1S/C28H28ClN3O3/c1-20-18-25(33)26(28(34)32(20)19-24-8-5-17-35-24)27(21-9-11-22(29)12-10-21)31-15-13-30(14-16-31)23-6-3-2-4-7-23/h2-12,17-18,27,33H,13-16,19H2,1H3/t27-/m0/s1. The van der Waals surface area contributed by atoms with Gasteiger partial charge in [-0.15, -0.1) is 0 Å². The smallest absolute Gasteiger partial charge is 0.260 e. The van der Waals surface area contributed by atoms with Gasteiger partial charge in [-0.1, -0.05) is 41.9 Å². The molecule has 7 heteroatoms. The molecule has 1 saturated heterocycles. The second-order valence-electron chi connectivity index (χ2n) is 8.87. The minimum absolute atomic E-state index is 0.00799. The normalized spacial score (nSPS) is 15.3. The minimum Gasteiger partial charge on any atom is -0.507 e. The molecule has 1 fully saturated rings. The Kier molecular flexibility index (Phi) is 6.66. The first-order valence-electron chi connectivity index (χ1n) is 11.8. The molecule has 180 valence electrons. The van der Waals surface area contributed by atoms with Gasteiger partial charge in [0.1, 0.15) is 11.5 Å². The van der Waals surface area contributed by atoms with Crippen LogP contribution in [0.25, 0.3) is 0 Å². The lowest BCUT2D eigenvalue weighted by Gasteiger charge is -2.40. The Morgan fingerprint density at radius 2 is 1.69 bits per heavy atom. The fourth-order valence-corrected chi connectivity index (χ4v) is 4.99. The molecule has 1 aliphatic rings. The molecule has 1 aliphatic heterocycles. The van der Waals surface area contributed by atoms with Crippen LogP contribution < -0.4 is 10.5 Å². The van der Waals surface area contributed by atoms with Gasteiger partial charge in [0.2, 0.25) is 0 Å². The summed E-state index contributed by atoms with van der Waals surface area (Å²) in [4.78, 5) is 18.5. The van der Waals surface area contributed by atoms with Gasteiger partial charge >= 0.3 is 0 Å². The lowest BCUT2D eigenvalue weighted by atomic mass is 9.96. The summed E-state index contributed by atoms with van der Waals surface area (Å²) in [5.41, 5.74) is 2.94. The zero-order chi connectivity index (χ0) is 24.4. The highest BCUT2D eigenvalue weighted by Gasteiger charge is 2.31. The van der Waals surface area contributed by atoms with Gasteiger partial charge in [-0.25, -0.2) is 0 Å². The van der Waals surface area contributed by atoms with E-state index in [1.165, 1.54) is 5.69 Å². The van der Waals surface area contributed by atoms with Crippen molar-refractivity contribution in [3.8, 4) is 5.75 Å². The number of aromatic hydroxyl groups is 1. The van der Waals surface area contributed by atoms with Crippen LogP contribution in [-0.4, -0.2) is 40.8 Å². The van der Waals surface area contributed by atoms with Crippen molar-refractivity contribution in [1.29, 1.82) is 0 Å². The van der Waals surface area contributed by atoms with Crippen molar-refractivity contribution >= 4 is 17.3 Å². The quantitative estimate of drug-likeness (QED) is 0.410. The van der Waals surface area contributed by atoms with E-state index in [0.717, 1.165) is 31.7 Å². The first-order chi connectivity index (χ1) is 17.0. The van der Waals surface area contributed by atoms with E-state index in [1.54, 1.807) is 23.0 Å². The van der Waals surface area contributed by atoms with Gasteiger partial charge in [-0.3, -0.25) is 9.69 Å². The van der Waals surface area contributed by atoms with Crippen LogP contribution in [0, 0.1) is 6.92 Å². The molecule has 3 heterocycles. The third-order valence-corrected chi connectivity index (χ3v) is 6.93. The van der Waals surface area contributed by atoms with Crippen molar-refractivity contribution in [1.82, 2.24) is 9.47 Å². The van der Waals surface area contributed by atoms with Gasteiger partial charge < -0.3 is 19.0 Å². The molecule has 0 unspecified atom stereocenters. The van der Waals surface area contributed by atoms with Crippen molar-refractivity contribution < 1.29 is 9.52 Å². The Hall–Kier alpha value is -3.48. The topological polar surface area (TPSA) is 61.9 Å². The van der Waals surface area contributed by atoms with Gasteiger partial charge in [-0.05, 0) is 55.0 Å². The van der Waals surface area contributed by atoms with E-state index in [1.807, 2.05) is 55.5 Å². The Morgan fingerprint density at radius 1 is 0.971 bits per heavy atom. The zero-order valence-corrected chi connectivity index (χ0v) is 20.4. The highest BCUT2D eigenvalue weighted by molar-refractivity contribution is 6.30. The molecule has 0 spiro atoms. The van der Waals surface area contributed by atoms with Crippen molar-refractivity contribution in [3.63, 3.8) is 0 Å². The summed E-state index contributed by atoms with van der Waals surface area (Å²) >= 11 is 6.18. The van der Waals surface area contributed by atoms with Gasteiger partial charge in [0.05, 0.1) is 24.4 Å². The third-order valence-electron chi connectivity index (χ3n) is 6.68. The molecule has 5 rings (SSSR count). The highest BCUT2D eigenvalue weighted by Crippen LogP contribution is 2.34. The molecular weight excluding hydrogens is 462 g/mol. The van der Waals surface area contributed by atoms with E-state index in [0.29, 0.717) is 28.6 Å². The van der Waals surface area contributed by atoms with Crippen LogP contribution in [0.1, 0.15) is 28.6 Å². The third kappa shape index (κ3) is 4.85. The Balaban J connectivity index is 1.53. The van der Waals surface area contributed by atoms with Crippen molar-refractivity contribution in [2.75, 3.05) is 31.1 Å². The van der Waals surface area contributed by atoms with Crippen molar-refractivity contribution in [2.45, 2.75) is 19.5 Å². The van der Waals surface area contributed by atoms with Crippen LogP contribution in [0.3, 0.4) is 0 Å². The number of benzene rings is 2. The number of aromatic nitrogens is 1. The van der Waals surface area contributed by atoms with E-state index in [-0.39, 0.29) is 11.3 Å². The summed E-state index contributed by atoms with van der Waals surface area (Å²) in [6, 6.07) is 22.8. The number of nitrogens with zero attached hydrogens (tertiary/aromatic N) is 3. The number of hydrogen-bond acceptors (Lipinski definition) is 5. The molecule has 0 bridgehead atoms. The second-order valence-corrected chi connectivity index (χ2v) is 9.30. The molecule has 1 N–H and O–H groups in total. The molecule has 0 amide bonds. The van der Waals surface area contributed by atoms with Gasteiger partial charge in [0.15, 0.2) is 0 Å². The predicted octanol–water partition coefficient (Wildman–Crippen LogP) is 5.07. The molecular formula is C28H28ClN3O3. The highest BCUT2D eigenvalue weighted by atomic mass is 35.5. The molecule has 0 radical (unpaired) electrons. The lowest BCUT2D eigenvalue weighted by molar-refractivity contribution is 0.207. The number of pyridine rings is 1. The number of furan rings is 1. The summed E-state index contributed by atoms with van der Waals surface area (Å²) in [6.45, 7) is 5.26. The Labute approximate surface area is 209 Å². The molecule has 1 atom stereocenters. The monoisotopic (exact) mass is 489 g/mol. The maximum absolute atomic E-state index is 13.8. The molecule has 35 heavy (non-hydrogen) atoms. The predicted molar refractivity (Wildman–Crippen MR) is 138 cm³/mol. The Morgan fingerprint density at radius 3 is 2.34 bits per heavy atom. The van der Waals surface area contributed by atoms with E-state index >= 15 is 0 Å². The van der Waals surface area contributed by atoms with Gasteiger partial charge in [0, 0.05) is 42.6 Å². The fourth-order valence-electron chi connectivity index (χ4n) is 4.86. The van der Waals surface area contributed by atoms with Crippen LogP contribution in [0.5, 0.6) is 5.75 Å². The molecule has 0 saturated carbocycles. The molecule has 2 aromatic heterocycles. The van der Waals surface area contributed by atoms with Crippen LogP contribution in [0.2, 0.25) is 5.02 Å². The van der Waals surface area contributed by atoms with Crippen molar-refractivity contribution in [3.05, 3.63) is 117 Å². The number of anilines is 1. The molecule has 0 aliphatic carbocycles. The number of piperazine rings is 1. The van der Waals surface area contributed by atoms with Crippen LogP contribution in [0.15, 0.2) is 88.3 Å². The maximum Gasteiger partial charge on any atom is 0.260 e. The number of para-hydroxylation sites is 1. The average molecular weight is 490 g/mol. The van der Waals surface area contributed by atoms with Crippen LogP contribution >= 0.6 is 11.6 Å². The van der Waals surface area contributed by atoms with Gasteiger partial charge in [0.25, 0.3) is 5.56 Å². The van der Waals surface area contributed by atoms with Crippen LogP contribution in [-0.2, 0) is 6.54 Å². The number of halogens is 1. The van der Waals surface area contributed by atoms with Gasteiger partial charge in [-0.2, -0.15) is 0 Å². The summed E-state index contributed by atoms with van der Waals surface area (Å²) < 4.78 is 7.16. The zero-order valence-electron chi connectivity index (χ0n) is 19.6. The summed E-state index contributed by atoms with van der Waals surface area (Å²) in [6.07, 6.45) is 1.60. The largest absolute Gasteiger partial charge is 0.507 e. The number of aryl methyl sites for hydroxylation is 1. The summed E-state index contributed by atoms with van der Waals surface area (Å²) in [5, 5.41) is 11.7. The second kappa shape index (κ2) is 10.0. The van der Waals surface area contributed by atoms with E-state index < -0.39 is 6.04 Å². The number of hydrogen-bond donors (Lipinski definition) is 1. The first-order valence-corrected chi connectivity index (χ1v) is 12.1. The van der Waals surface area contributed by atoms with Crippen molar-refractivity contribution in [2.24, 2.45) is 0 Å². The molecule has 4 aromatic rings. The fraction of sp³-hybridized carbons (Fsp3) is 0.250. The molecule has 6 nitrogen and oxygen atoms in total. The SMILES string of the molecule is Cc1cc(O)c([C@H](c2ccc(Cl)cc2)N2CCN(c3ccccc3)CC2)c(=O)n1Cc1ccco1. The maximum atomic E-state index is 13.8. The summed E-state index contributed by atoms with van der Waals surface area (Å²) in [5.74, 6) is 0.694. The minimum atomic E-state index is -0.402. The van der Waals surface area contributed by atoms with Crippen LogP contribution in [0.4, 0.5) is 5.69 Å².